The summed E-state index contributed by atoms with van der Waals surface area (Å²) >= 11 is 7.41. The van der Waals surface area contributed by atoms with E-state index in [9.17, 15) is 14.7 Å². The van der Waals surface area contributed by atoms with Crippen LogP contribution in [-0.2, 0) is 16.0 Å². The highest BCUT2D eigenvalue weighted by molar-refractivity contribution is 7.22. The number of amides is 1. The molecule has 0 aliphatic carbocycles. The molecule has 210 valence electrons. The summed E-state index contributed by atoms with van der Waals surface area (Å²) in [6.45, 7) is 1.96. The molecule has 3 aromatic carbocycles. The second-order valence-electron chi connectivity index (χ2n) is 9.69. The monoisotopic (exact) mass is 592 g/mol. The number of carbonyl (C=O) groups is 2. The summed E-state index contributed by atoms with van der Waals surface area (Å²) in [5.74, 6) is -0.255. The molecule has 9 nitrogen and oxygen atoms in total. The van der Waals surface area contributed by atoms with Gasteiger partial charge in [-0.15, -0.1) is 0 Å². The SMILES string of the molecule is COc1cc([C@@H]2C(=C(O)c3ccc4c(c3)C[C@@H](C)O4)C(=O)C(=O)N2c2nc3ccc(Cl)cc3s2)cc(OC)c1OC. The molecule has 1 aromatic heterocycles. The first-order valence-electron chi connectivity index (χ1n) is 12.7. The van der Waals surface area contributed by atoms with Gasteiger partial charge in [0.15, 0.2) is 16.6 Å². The van der Waals surface area contributed by atoms with Crippen LogP contribution in [0.5, 0.6) is 23.0 Å². The molecule has 0 unspecified atom stereocenters. The van der Waals surface area contributed by atoms with Gasteiger partial charge in [-0.1, -0.05) is 22.9 Å². The van der Waals surface area contributed by atoms with Crippen LogP contribution in [0.25, 0.3) is 16.0 Å². The third-order valence-corrected chi connectivity index (χ3v) is 8.41. The minimum atomic E-state index is -1.05. The molecule has 1 N–H and O–H groups in total. The van der Waals surface area contributed by atoms with Gasteiger partial charge in [-0.3, -0.25) is 14.5 Å². The quantitative estimate of drug-likeness (QED) is 0.167. The Labute approximate surface area is 244 Å². The Hall–Kier alpha value is -4.28. The molecule has 0 bridgehead atoms. The van der Waals surface area contributed by atoms with Crippen molar-refractivity contribution in [3.63, 3.8) is 0 Å². The van der Waals surface area contributed by atoms with Gasteiger partial charge >= 0.3 is 5.91 Å². The summed E-state index contributed by atoms with van der Waals surface area (Å²) in [6, 6.07) is 12.7. The fraction of sp³-hybridized carbons (Fsp3) is 0.233. The first kappa shape index (κ1) is 26.9. The molecule has 4 aromatic rings. The number of Topliss-reactive ketones (excluding diaryl/α,β-unsaturated/α-hetero) is 1. The van der Waals surface area contributed by atoms with E-state index in [0.717, 1.165) is 16.0 Å². The Morgan fingerprint density at radius 3 is 2.46 bits per heavy atom. The van der Waals surface area contributed by atoms with Crippen molar-refractivity contribution in [1.29, 1.82) is 0 Å². The minimum Gasteiger partial charge on any atom is -0.507 e. The van der Waals surface area contributed by atoms with Gasteiger partial charge in [-0.05, 0) is 66.6 Å². The first-order valence-corrected chi connectivity index (χ1v) is 13.9. The second kappa shape index (κ2) is 10.3. The molecule has 1 saturated heterocycles. The largest absolute Gasteiger partial charge is 0.507 e. The van der Waals surface area contributed by atoms with E-state index < -0.39 is 17.7 Å². The number of aromatic nitrogens is 1. The number of benzene rings is 3. The van der Waals surface area contributed by atoms with Crippen molar-refractivity contribution in [3.05, 3.63) is 75.8 Å². The number of carbonyl (C=O) groups excluding carboxylic acids is 2. The summed E-state index contributed by atoms with van der Waals surface area (Å²) in [5.41, 5.74) is 2.29. The van der Waals surface area contributed by atoms with E-state index in [1.807, 2.05) is 6.92 Å². The standard InChI is InChI=1S/C30H25ClN2O7S/c1-14-9-16-10-15(5-8-20(16)40-14)26(34)24-25(17-11-21(37-2)28(39-4)22(12-17)38-3)33(29(36)27(24)35)30-32-19-7-6-18(31)13-23(19)41-30/h5-8,10-14,25,34H,9H2,1-4H3/t14-,25-/m1/s1. The Morgan fingerprint density at radius 2 is 1.78 bits per heavy atom. The lowest BCUT2D eigenvalue weighted by Gasteiger charge is -2.24. The number of hydrogen-bond donors (Lipinski definition) is 1. The van der Waals surface area contributed by atoms with Crippen LogP contribution in [0.2, 0.25) is 5.02 Å². The topological polar surface area (TPSA) is 107 Å². The molecular weight excluding hydrogens is 568 g/mol. The van der Waals surface area contributed by atoms with Crippen molar-refractivity contribution < 1.29 is 33.6 Å². The van der Waals surface area contributed by atoms with E-state index in [1.54, 1.807) is 48.5 Å². The molecule has 6 rings (SSSR count). The molecule has 2 aliphatic rings. The third-order valence-electron chi connectivity index (χ3n) is 7.16. The number of ether oxygens (including phenoxy) is 4. The molecule has 1 fully saturated rings. The summed E-state index contributed by atoms with van der Waals surface area (Å²) in [6.07, 6.45) is 0.662. The summed E-state index contributed by atoms with van der Waals surface area (Å²) in [5, 5.41) is 12.4. The van der Waals surface area contributed by atoms with Crippen LogP contribution in [0.15, 0.2) is 54.1 Å². The smallest absolute Gasteiger partial charge is 0.301 e. The zero-order valence-corrected chi connectivity index (χ0v) is 24.1. The van der Waals surface area contributed by atoms with Crippen LogP contribution in [-0.4, -0.2) is 49.2 Å². The predicted octanol–water partition coefficient (Wildman–Crippen LogP) is 5.93. The Morgan fingerprint density at radius 1 is 1.05 bits per heavy atom. The van der Waals surface area contributed by atoms with Crippen molar-refractivity contribution in [2.45, 2.75) is 25.5 Å². The van der Waals surface area contributed by atoms with Gasteiger partial charge in [0.2, 0.25) is 5.75 Å². The normalized spacial score (nSPS) is 19.4. The highest BCUT2D eigenvalue weighted by atomic mass is 35.5. The van der Waals surface area contributed by atoms with Gasteiger partial charge in [-0.25, -0.2) is 4.98 Å². The minimum absolute atomic E-state index is 0.000237. The Balaban J connectivity index is 1.59. The van der Waals surface area contributed by atoms with E-state index >= 15 is 0 Å². The predicted molar refractivity (Wildman–Crippen MR) is 156 cm³/mol. The van der Waals surface area contributed by atoms with Crippen molar-refractivity contribution in [1.82, 2.24) is 4.98 Å². The number of nitrogens with zero attached hydrogens (tertiary/aromatic N) is 2. The van der Waals surface area contributed by atoms with Crippen LogP contribution in [0.3, 0.4) is 0 Å². The second-order valence-corrected chi connectivity index (χ2v) is 11.1. The average Bonchev–Trinajstić information content (AvgIpc) is 3.63. The van der Waals surface area contributed by atoms with E-state index in [-0.39, 0.29) is 22.6 Å². The average molecular weight is 593 g/mol. The first-order chi connectivity index (χ1) is 19.7. The van der Waals surface area contributed by atoms with Gasteiger partial charge < -0.3 is 24.1 Å². The number of ketones is 1. The maximum Gasteiger partial charge on any atom is 0.301 e. The molecule has 1 amide bonds. The van der Waals surface area contributed by atoms with Gasteiger partial charge in [0.05, 0.1) is 43.2 Å². The lowest BCUT2D eigenvalue weighted by atomic mass is 9.94. The zero-order valence-electron chi connectivity index (χ0n) is 22.6. The van der Waals surface area contributed by atoms with Crippen molar-refractivity contribution >= 4 is 55.7 Å². The van der Waals surface area contributed by atoms with Gasteiger partial charge in [0.1, 0.15) is 17.6 Å². The number of halogens is 1. The maximum absolute atomic E-state index is 13.7. The highest BCUT2D eigenvalue weighted by Crippen LogP contribution is 2.48. The van der Waals surface area contributed by atoms with Crippen molar-refractivity contribution in [3.8, 4) is 23.0 Å². The molecule has 2 atom stereocenters. The van der Waals surface area contributed by atoms with Gasteiger partial charge in [-0.2, -0.15) is 0 Å². The van der Waals surface area contributed by atoms with Crippen molar-refractivity contribution in [2.75, 3.05) is 26.2 Å². The van der Waals surface area contributed by atoms with Crippen LogP contribution >= 0.6 is 22.9 Å². The number of thiazole rings is 1. The molecule has 0 radical (unpaired) electrons. The lowest BCUT2D eigenvalue weighted by molar-refractivity contribution is -0.132. The number of rotatable bonds is 6. The number of methoxy groups -OCH3 is 3. The van der Waals surface area contributed by atoms with Crippen LogP contribution < -0.4 is 23.8 Å². The number of hydrogen-bond acceptors (Lipinski definition) is 9. The Bertz CT molecular complexity index is 1740. The summed E-state index contributed by atoms with van der Waals surface area (Å²) in [7, 11) is 4.43. The van der Waals surface area contributed by atoms with Gasteiger partial charge in [0, 0.05) is 17.0 Å². The molecule has 3 heterocycles. The van der Waals surface area contributed by atoms with E-state index in [0.29, 0.717) is 45.3 Å². The van der Waals surface area contributed by atoms with Crippen LogP contribution in [0.1, 0.15) is 29.7 Å². The van der Waals surface area contributed by atoms with E-state index in [2.05, 4.69) is 4.98 Å². The molecule has 11 heteroatoms. The fourth-order valence-electron chi connectivity index (χ4n) is 5.32. The number of anilines is 1. The molecule has 2 aliphatic heterocycles. The van der Waals surface area contributed by atoms with E-state index in [1.165, 1.54) is 37.6 Å². The van der Waals surface area contributed by atoms with Gasteiger partial charge in [0.25, 0.3) is 5.78 Å². The highest BCUT2D eigenvalue weighted by Gasteiger charge is 2.48. The lowest BCUT2D eigenvalue weighted by Crippen LogP contribution is -2.29. The zero-order chi connectivity index (χ0) is 29.0. The molecular formula is C30H25ClN2O7S. The van der Waals surface area contributed by atoms with E-state index in [4.69, 9.17) is 30.5 Å². The number of aliphatic hydroxyl groups is 1. The molecule has 0 saturated carbocycles. The number of fused-ring (bicyclic) bond motifs is 2. The number of aliphatic hydroxyl groups excluding tert-OH is 1. The summed E-state index contributed by atoms with van der Waals surface area (Å²) < 4.78 is 23.1. The molecule has 0 spiro atoms. The fourth-order valence-corrected chi connectivity index (χ4v) is 6.59. The third kappa shape index (κ3) is 4.43. The van der Waals surface area contributed by atoms with Crippen LogP contribution in [0, 0.1) is 0 Å². The van der Waals surface area contributed by atoms with Crippen molar-refractivity contribution in [2.24, 2.45) is 0 Å². The summed E-state index contributed by atoms with van der Waals surface area (Å²) in [4.78, 5) is 33.4. The van der Waals surface area contributed by atoms with Crippen LogP contribution in [0.4, 0.5) is 5.13 Å². The maximum atomic E-state index is 13.7. The molecule has 41 heavy (non-hydrogen) atoms. The Kier molecular flexibility index (Phi) is 6.75.